The number of hydrogen-bond acceptors (Lipinski definition) is 1. The second kappa shape index (κ2) is 4.10. The number of hydrogen-bond donors (Lipinski definition) is 1. The van der Waals surface area contributed by atoms with Gasteiger partial charge in [-0.05, 0) is 24.7 Å². The molecule has 1 heteroatoms. The summed E-state index contributed by atoms with van der Waals surface area (Å²) < 4.78 is 0. The van der Waals surface area contributed by atoms with Crippen LogP contribution in [0.15, 0.2) is 0 Å². The van der Waals surface area contributed by atoms with Crippen LogP contribution in [0.2, 0.25) is 0 Å². The maximum Gasteiger partial charge on any atom is 0.0568 e. The normalized spacial score (nSPS) is 23.2. The van der Waals surface area contributed by atoms with Gasteiger partial charge in [-0.1, -0.05) is 33.1 Å². The molecule has 0 bridgehead atoms. The van der Waals surface area contributed by atoms with Gasteiger partial charge in [-0.3, -0.25) is 0 Å². The Balaban J connectivity index is 2.10. The molecule has 1 rings (SSSR count). The lowest BCUT2D eigenvalue weighted by atomic mass is 9.95. The predicted molar refractivity (Wildman–Crippen MR) is 47.4 cm³/mol. The lowest BCUT2D eigenvalue weighted by molar-refractivity contribution is 0.0969. The second-order valence-corrected chi connectivity index (χ2v) is 4.01. The molecule has 1 N–H and O–H groups in total. The largest absolute Gasteiger partial charge is 0.393 e. The van der Waals surface area contributed by atoms with Gasteiger partial charge in [0.25, 0.3) is 0 Å². The van der Waals surface area contributed by atoms with Crippen molar-refractivity contribution in [1.82, 2.24) is 0 Å². The van der Waals surface area contributed by atoms with Crippen LogP contribution in [-0.2, 0) is 0 Å². The fourth-order valence-corrected chi connectivity index (χ4v) is 1.58. The van der Waals surface area contributed by atoms with Crippen LogP contribution in [0.5, 0.6) is 0 Å². The van der Waals surface area contributed by atoms with E-state index in [0.717, 1.165) is 12.3 Å². The Hall–Kier alpha value is -0.0400. The fourth-order valence-electron chi connectivity index (χ4n) is 1.58. The number of aliphatic hydroxyl groups excluding tert-OH is 1. The topological polar surface area (TPSA) is 20.2 Å². The van der Waals surface area contributed by atoms with E-state index in [1.165, 1.54) is 25.7 Å². The zero-order valence-corrected chi connectivity index (χ0v) is 7.71. The van der Waals surface area contributed by atoms with E-state index in [9.17, 15) is 5.11 Å². The van der Waals surface area contributed by atoms with Gasteiger partial charge < -0.3 is 5.11 Å². The highest BCUT2D eigenvalue weighted by Gasteiger charge is 2.26. The molecule has 1 nitrogen and oxygen atoms in total. The van der Waals surface area contributed by atoms with Gasteiger partial charge in [0.05, 0.1) is 6.10 Å². The van der Waals surface area contributed by atoms with E-state index in [1.54, 1.807) is 0 Å². The third-order valence-electron chi connectivity index (χ3n) is 2.67. The second-order valence-electron chi connectivity index (χ2n) is 4.01. The van der Waals surface area contributed by atoms with Crippen LogP contribution in [0, 0.1) is 11.8 Å². The van der Waals surface area contributed by atoms with E-state index in [1.807, 2.05) is 0 Å². The Morgan fingerprint density at radius 3 is 2.55 bits per heavy atom. The highest BCUT2D eigenvalue weighted by atomic mass is 16.3. The molecule has 1 aliphatic rings. The lowest BCUT2D eigenvalue weighted by Crippen LogP contribution is -2.17. The van der Waals surface area contributed by atoms with E-state index in [2.05, 4.69) is 13.8 Å². The van der Waals surface area contributed by atoms with Crippen LogP contribution in [-0.4, -0.2) is 11.2 Å². The van der Waals surface area contributed by atoms with Gasteiger partial charge in [-0.2, -0.15) is 0 Å². The smallest absolute Gasteiger partial charge is 0.0568 e. The minimum Gasteiger partial charge on any atom is -0.393 e. The number of aliphatic hydroxyl groups is 1. The van der Waals surface area contributed by atoms with Gasteiger partial charge >= 0.3 is 0 Å². The van der Waals surface area contributed by atoms with Gasteiger partial charge in [0, 0.05) is 0 Å². The first kappa shape index (κ1) is 9.05. The summed E-state index contributed by atoms with van der Waals surface area (Å²) in [6.07, 6.45) is 6.12. The summed E-state index contributed by atoms with van der Waals surface area (Å²) in [5, 5.41) is 9.66. The maximum atomic E-state index is 9.66. The minimum atomic E-state index is -0.0255. The third kappa shape index (κ3) is 3.24. The molecular weight excluding hydrogens is 136 g/mol. The Bertz CT molecular complexity index is 107. The Labute approximate surface area is 69.8 Å². The molecule has 1 saturated carbocycles. The number of rotatable bonds is 5. The first-order valence-corrected chi connectivity index (χ1v) is 4.92. The average molecular weight is 156 g/mol. The summed E-state index contributed by atoms with van der Waals surface area (Å²) in [4.78, 5) is 0. The molecule has 0 aromatic heterocycles. The molecule has 11 heavy (non-hydrogen) atoms. The SMILES string of the molecule is CCC[C@@H](C)C(O)CC1CC1. The van der Waals surface area contributed by atoms with Gasteiger partial charge in [0.2, 0.25) is 0 Å². The molecule has 66 valence electrons. The highest BCUT2D eigenvalue weighted by molar-refractivity contribution is 4.78. The Morgan fingerprint density at radius 1 is 1.45 bits per heavy atom. The van der Waals surface area contributed by atoms with Gasteiger partial charge in [0.15, 0.2) is 0 Å². The summed E-state index contributed by atoms with van der Waals surface area (Å²) in [7, 11) is 0. The van der Waals surface area contributed by atoms with E-state index in [-0.39, 0.29) is 6.10 Å². The highest BCUT2D eigenvalue weighted by Crippen LogP contribution is 2.35. The standard InChI is InChI=1S/C10H20O/c1-3-4-8(2)10(11)7-9-5-6-9/h8-11H,3-7H2,1-2H3/t8-,10?/m1/s1. The van der Waals surface area contributed by atoms with Gasteiger partial charge in [0.1, 0.15) is 0 Å². The van der Waals surface area contributed by atoms with E-state index in [0.29, 0.717) is 5.92 Å². The van der Waals surface area contributed by atoms with Crippen LogP contribution in [0.25, 0.3) is 0 Å². The third-order valence-corrected chi connectivity index (χ3v) is 2.67. The zero-order valence-electron chi connectivity index (χ0n) is 7.71. The van der Waals surface area contributed by atoms with Crippen molar-refractivity contribution >= 4 is 0 Å². The van der Waals surface area contributed by atoms with Crippen LogP contribution in [0.1, 0.15) is 46.0 Å². The zero-order chi connectivity index (χ0) is 8.27. The van der Waals surface area contributed by atoms with Crippen molar-refractivity contribution in [3.8, 4) is 0 Å². The molecule has 1 unspecified atom stereocenters. The van der Waals surface area contributed by atoms with Crippen molar-refractivity contribution in [2.45, 2.75) is 52.1 Å². The molecule has 0 spiro atoms. The van der Waals surface area contributed by atoms with Crippen LogP contribution in [0.3, 0.4) is 0 Å². The van der Waals surface area contributed by atoms with Crippen LogP contribution in [0.4, 0.5) is 0 Å². The molecule has 0 heterocycles. The summed E-state index contributed by atoms with van der Waals surface area (Å²) in [5.41, 5.74) is 0. The molecule has 0 aromatic carbocycles. The lowest BCUT2D eigenvalue weighted by Gasteiger charge is -2.17. The molecule has 1 aliphatic carbocycles. The minimum absolute atomic E-state index is 0.0255. The van der Waals surface area contributed by atoms with E-state index in [4.69, 9.17) is 0 Å². The molecule has 0 saturated heterocycles. The van der Waals surface area contributed by atoms with Gasteiger partial charge in [-0.25, -0.2) is 0 Å². The fraction of sp³-hybridized carbons (Fsp3) is 1.00. The first-order valence-electron chi connectivity index (χ1n) is 4.92. The van der Waals surface area contributed by atoms with Crippen molar-refractivity contribution in [2.24, 2.45) is 11.8 Å². The van der Waals surface area contributed by atoms with Crippen molar-refractivity contribution in [3.63, 3.8) is 0 Å². The van der Waals surface area contributed by atoms with Crippen LogP contribution >= 0.6 is 0 Å². The Kier molecular flexibility index (Phi) is 3.38. The molecule has 0 aromatic rings. The van der Waals surface area contributed by atoms with Crippen molar-refractivity contribution in [3.05, 3.63) is 0 Å². The average Bonchev–Trinajstić information content (AvgIpc) is 2.72. The van der Waals surface area contributed by atoms with E-state index >= 15 is 0 Å². The van der Waals surface area contributed by atoms with Crippen molar-refractivity contribution in [2.75, 3.05) is 0 Å². The molecular formula is C10H20O. The Morgan fingerprint density at radius 2 is 2.09 bits per heavy atom. The molecule has 0 amide bonds. The monoisotopic (exact) mass is 156 g/mol. The summed E-state index contributed by atoms with van der Waals surface area (Å²) in [6.45, 7) is 4.34. The summed E-state index contributed by atoms with van der Waals surface area (Å²) >= 11 is 0. The first-order chi connectivity index (χ1) is 5.24. The summed E-state index contributed by atoms with van der Waals surface area (Å²) in [6, 6.07) is 0. The predicted octanol–water partition coefficient (Wildman–Crippen LogP) is 2.58. The van der Waals surface area contributed by atoms with Crippen molar-refractivity contribution in [1.29, 1.82) is 0 Å². The van der Waals surface area contributed by atoms with Gasteiger partial charge in [-0.15, -0.1) is 0 Å². The maximum absolute atomic E-state index is 9.66. The molecule has 0 aliphatic heterocycles. The van der Waals surface area contributed by atoms with Crippen LogP contribution < -0.4 is 0 Å². The quantitative estimate of drug-likeness (QED) is 0.648. The van der Waals surface area contributed by atoms with Crippen molar-refractivity contribution < 1.29 is 5.11 Å². The molecule has 0 radical (unpaired) electrons. The van der Waals surface area contributed by atoms with E-state index < -0.39 is 0 Å². The summed E-state index contributed by atoms with van der Waals surface area (Å²) in [5.74, 6) is 1.38. The molecule has 1 fully saturated rings. The molecule has 2 atom stereocenters.